The first kappa shape index (κ1) is 20.9. The van der Waals surface area contributed by atoms with E-state index in [1.807, 2.05) is 4.90 Å². The minimum absolute atomic E-state index is 0.188. The molecule has 0 saturated heterocycles. The van der Waals surface area contributed by atoms with Crippen molar-refractivity contribution < 1.29 is 14.1 Å². The summed E-state index contributed by atoms with van der Waals surface area (Å²) in [4.78, 5) is 27.1. The van der Waals surface area contributed by atoms with Gasteiger partial charge in [-0.2, -0.15) is 0 Å². The van der Waals surface area contributed by atoms with Crippen LogP contribution in [0.2, 0.25) is 0 Å². The minimum Gasteiger partial charge on any atom is -0.359 e. The topological polar surface area (TPSA) is 75.4 Å². The van der Waals surface area contributed by atoms with Crippen molar-refractivity contribution in [2.45, 2.75) is 90.6 Å². The van der Waals surface area contributed by atoms with Gasteiger partial charge in [0, 0.05) is 25.1 Å². The SMILES string of the molecule is CCC(CC)N(Cc1cc(C(=O)NCC2CC2)no1)C(=O)CCC1CCCC1. The van der Waals surface area contributed by atoms with Crippen molar-refractivity contribution in [3.8, 4) is 0 Å². The molecule has 1 N–H and O–H groups in total. The number of nitrogens with one attached hydrogen (secondary N) is 1. The Hall–Kier alpha value is -1.85. The lowest BCUT2D eigenvalue weighted by atomic mass is 10.0. The molecule has 0 aromatic carbocycles. The predicted octanol–water partition coefficient (Wildman–Crippen LogP) is 4.30. The molecule has 2 aliphatic rings. The highest BCUT2D eigenvalue weighted by Crippen LogP contribution is 2.29. The molecule has 28 heavy (non-hydrogen) atoms. The van der Waals surface area contributed by atoms with E-state index in [1.165, 1.54) is 38.5 Å². The fraction of sp³-hybridized carbons (Fsp3) is 0.773. The standard InChI is InChI=1S/C22H35N3O3/c1-3-18(4-2)25(21(26)12-11-16-7-5-6-8-16)15-19-13-20(24-28-19)22(27)23-14-17-9-10-17/h13,16-18H,3-12,14-15H2,1-2H3,(H,23,27). The Balaban J connectivity index is 1.58. The molecular formula is C22H35N3O3. The molecule has 0 atom stereocenters. The molecular weight excluding hydrogens is 354 g/mol. The minimum atomic E-state index is -0.191. The molecule has 1 heterocycles. The van der Waals surface area contributed by atoms with Gasteiger partial charge in [0.25, 0.3) is 5.91 Å². The summed E-state index contributed by atoms with van der Waals surface area (Å²) in [5, 5.41) is 6.83. The summed E-state index contributed by atoms with van der Waals surface area (Å²) in [5.41, 5.74) is 0.304. The quantitative estimate of drug-likeness (QED) is 0.612. The Labute approximate surface area is 168 Å². The summed E-state index contributed by atoms with van der Waals surface area (Å²) < 4.78 is 5.40. The highest BCUT2D eigenvalue weighted by atomic mass is 16.5. The van der Waals surface area contributed by atoms with Crippen LogP contribution < -0.4 is 5.32 Å². The maximum atomic E-state index is 13.0. The van der Waals surface area contributed by atoms with Crippen LogP contribution in [0.3, 0.4) is 0 Å². The molecule has 156 valence electrons. The first-order valence-electron chi connectivity index (χ1n) is 11.1. The monoisotopic (exact) mass is 389 g/mol. The molecule has 6 nitrogen and oxygen atoms in total. The molecule has 3 rings (SSSR count). The lowest BCUT2D eigenvalue weighted by Gasteiger charge is -2.30. The number of aromatic nitrogens is 1. The summed E-state index contributed by atoms with van der Waals surface area (Å²) >= 11 is 0. The Morgan fingerprint density at radius 3 is 2.54 bits per heavy atom. The van der Waals surface area contributed by atoms with Gasteiger partial charge < -0.3 is 14.7 Å². The van der Waals surface area contributed by atoms with E-state index in [0.29, 0.717) is 42.8 Å². The second-order valence-electron chi connectivity index (χ2n) is 8.51. The second-order valence-corrected chi connectivity index (χ2v) is 8.51. The Bertz CT molecular complexity index is 643. The normalized spacial score (nSPS) is 17.2. The van der Waals surface area contributed by atoms with Crippen molar-refractivity contribution in [1.29, 1.82) is 0 Å². The zero-order valence-electron chi connectivity index (χ0n) is 17.4. The molecule has 1 aromatic heterocycles. The van der Waals surface area contributed by atoms with Gasteiger partial charge in [-0.25, -0.2) is 0 Å². The maximum absolute atomic E-state index is 13.0. The smallest absolute Gasteiger partial charge is 0.273 e. The van der Waals surface area contributed by atoms with E-state index in [9.17, 15) is 9.59 Å². The largest absolute Gasteiger partial charge is 0.359 e. The molecule has 2 fully saturated rings. The van der Waals surface area contributed by atoms with Crippen LogP contribution in [0.25, 0.3) is 0 Å². The van der Waals surface area contributed by atoms with Crippen LogP contribution in [0.4, 0.5) is 0 Å². The number of hydrogen-bond acceptors (Lipinski definition) is 4. The van der Waals surface area contributed by atoms with Crippen LogP contribution in [0, 0.1) is 11.8 Å². The average molecular weight is 390 g/mol. The second kappa shape index (κ2) is 10.1. The number of carbonyl (C=O) groups excluding carboxylic acids is 2. The lowest BCUT2D eigenvalue weighted by molar-refractivity contribution is -0.135. The van der Waals surface area contributed by atoms with Crippen molar-refractivity contribution >= 4 is 11.8 Å². The first-order valence-corrected chi connectivity index (χ1v) is 11.1. The predicted molar refractivity (Wildman–Crippen MR) is 108 cm³/mol. The Morgan fingerprint density at radius 2 is 1.89 bits per heavy atom. The van der Waals surface area contributed by atoms with Crippen molar-refractivity contribution in [2.24, 2.45) is 11.8 Å². The van der Waals surface area contributed by atoms with Gasteiger partial charge in [-0.1, -0.05) is 44.7 Å². The van der Waals surface area contributed by atoms with Crippen LogP contribution in [0.15, 0.2) is 10.6 Å². The van der Waals surface area contributed by atoms with E-state index in [4.69, 9.17) is 4.52 Å². The Kier molecular flexibility index (Phi) is 7.51. The lowest BCUT2D eigenvalue weighted by Crippen LogP contribution is -2.39. The molecule has 0 unspecified atom stereocenters. The summed E-state index contributed by atoms with van der Waals surface area (Å²) in [6.45, 7) is 5.32. The van der Waals surface area contributed by atoms with Crippen molar-refractivity contribution in [3.63, 3.8) is 0 Å². The van der Waals surface area contributed by atoms with Crippen molar-refractivity contribution in [3.05, 3.63) is 17.5 Å². The number of hydrogen-bond donors (Lipinski definition) is 1. The molecule has 2 amide bonds. The molecule has 6 heteroatoms. The molecule has 0 radical (unpaired) electrons. The first-order chi connectivity index (χ1) is 13.6. The van der Waals surface area contributed by atoms with Crippen LogP contribution in [-0.2, 0) is 11.3 Å². The molecule has 1 aromatic rings. The van der Waals surface area contributed by atoms with Gasteiger partial charge in [0.05, 0.1) is 6.54 Å². The zero-order chi connectivity index (χ0) is 19.9. The third kappa shape index (κ3) is 5.82. The van der Waals surface area contributed by atoms with E-state index in [-0.39, 0.29) is 17.9 Å². The average Bonchev–Trinajstić information content (AvgIpc) is 3.17. The molecule has 2 saturated carbocycles. The van der Waals surface area contributed by atoms with Gasteiger partial charge in [0.15, 0.2) is 11.5 Å². The van der Waals surface area contributed by atoms with E-state index in [2.05, 4.69) is 24.3 Å². The van der Waals surface area contributed by atoms with Gasteiger partial charge in [0.2, 0.25) is 5.91 Å². The number of nitrogens with zero attached hydrogens (tertiary/aromatic N) is 2. The molecule has 0 spiro atoms. The highest BCUT2D eigenvalue weighted by molar-refractivity contribution is 5.92. The van der Waals surface area contributed by atoms with Crippen LogP contribution in [0.5, 0.6) is 0 Å². The van der Waals surface area contributed by atoms with E-state index < -0.39 is 0 Å². The van der Waals surface area contributed by atoms with E-state index in [0.717, 1.165) is 19.3 Å². The summed E-state index contributed by atoms with van der Waals surface area (Å²) in [6.07, 6.45) is 10.9. The third-order valence-corrected chi connectivity index (χ3v) is 6.31. The summed E-state index contributed by atoms with van der Waals surface area (Å²) in [7, 11) is 0. The fourth-order valence-corrected chi connectivity index (χ4v) is 4.23. The molecule has 2 aliphatic carbocycles. The zero-order valence-corrected chi connectivity index (χ0v) is 17.4. The van der Waals surface area contributed by atoms with Gasteiger partial charge in [-0.3, -0.25) is 9.59 Å². The van der Waals surface area contributed by atoms with Gasteiger partial charge in [-0.15, -0.1) is 0 Å². The summed E-state index contributed by atoms with van der Waals surface area (Å²) in [6, 6.07) is 1.87. The van der Waals surface area contributed by atoms with E-state index >= 15 is 0 Å². The number of carbonyl (C=O) groups is 2. The van der Waals surface area contributed by atoms with Crippen LogP contribution >= 0.6 is 0 Å². The van der Waals surface area contributed by atoms with E-state index in [1.54, 1.807) is 6.07 Å². The maximum Gasteiger partial charge on any atom is 0.273 e. The van der Waals surface area contributed by atoms with Gasteiger partial charge in [0.1, 0.15) is 0 Å². The summed E-state index contributed by atoms with van der Waals surface area (Å²) in [5.74, 6) is 1.91. The third-order valence-electron chi connectivity index (χ3n) is 6.31. The Morgan fingerprint density at radius 1 is 1.18 bits per heavy atom. The fourth-order valence-electron chi connectivity index (χ4n) is 4.23. The van der Waals surface area contributed by atoms with Gasteiger partial charge in [-0.05, 0) is 43.9 Å². The van der Waals surface area contributed by atoms with Crippen molar-refractivity contribution in [2.75, 3.05) is 6.54 Å². The number of amides is 2. The van der Waals surface area contributed by atoms with Crippen LogP contribution in [0.1, 0.15) is 94.3 Å². The number of rotatable bonds is 11. The van der Waals surface area contributed by atoms with Crippen molar-refractivity contribution in [1.82, 2.24) is 15.4 Å². The highest BCUT2D eigenvalue weighted by Gasteiger charge is 2.26. The van der Waals surface area contributed by atoms with Crippen LogP contribution in [-0.4, -0.2) is 34.5 Å². The van der Waals surface area contributed by atoms with Gasteiger partial charge >= 0.3 is 0 Å². The molecule has 0 bridgehead atoms. The molecule has 0 aliphatic heterocycles.